The Morgan fingerprint density at radius 2 is 2.11 bits per heavy atom. The van der Waals surface area contributed by atoms with Gasteiger partial charge >= 0.3 is 0 Å². The van der Waals surface area contributed by atoms with Crippen LogP contribution in [0.3, 0.4) is 0 Å². The highest BCUT2D eigenvalue weighted by atomic mass is 16.5. The minimum atomic E-state index is 0.703. The molecular formula is C8H12O. The molecule has 0 aromatic heterocycles. The van der Waals surface area contributed by atoms with Gasteiger partial charge in [-0.15, -0.1) is 0 Å². The number of ether oxygens (including phenoxy) is 1. The molecule has 1 heterocycles. The van der Waals surface area contributed by atoms with Crippen LogP contribution in [0.2, 0.25) is 0 Å². The maximum atomic E-state index is 5.63. The fraction of sp³-hybridized carbons (Fsp3) is 1.00. The van der Waals surface area contributed by atoms with Gasteiger partial charge in [-0.1, -0.05) is 0 Å². The molecular weight excluding hydrogens is 112 g/mol. The lowest BCUT2D eigenvalue weighted by Gasteiger charge is -2.14. The zero-order chi connectivity index (χ0) is 5.84. The van der Waals surface area contributed by atoms with Gasteiger partial charge in [-0.2, -0.15) is 0 Å². The van der Waals surface area contributed by atoms with Crippen LogP contribution in [0.15, 0.2) is 0 Å². The average molecular weight is 124 g/mol. The molecule has 3 rings (SSSR count). The molecule has 9 heavy (non-hydrogen) atoms. The van der Waals surface area contributed by atoms with Crippen LogP contribution >= 0.6 is 0 Å². The third-order valence-corrected chi connectivity index (χ3v) is 3.41. The second kappa shape index (κ2) is 1.34. The topological polar surface area (TPSA) is 9.23 Å². The fourth-order valence-corrected chi connectivity index (χ4v) is 3.06. The summed E-state index contributed by atoms with van der Waals surface area (Å²) in [7, 11) is 0. The van der Waals surface area contributed by atoms with Crippen molar-refractivity contribution < 1.29 is 4.74 Å². The first-order valence-corrected chi connectivity index (χ1v) is 4.05. The van der Waals surface area contributed by atoms with E-state index in [2.05, 4.69) is 0 Å². The lowest BCUT2D eigenvalue weighted by molar-refractivity contribution is 0.102. The van der Waals surface area contributed by atoms with Gasteiger partial charge in [-0.3, -0.25) is 0 Å². The van der Waals surface area contributed by atoms with Crippen molar-refractivity contribution in [2.45, 2.75) is 25.4 Å². The van der Waals surface area contributed by atoms with Gasteiger partial charge < -0.3 is 4.74 Å². The number of rotatable bonds is 0. The Morgan fingerprint density at radius 1 is 1.11 bits per heavy atom. The molecule has 3 fully saturated rings. The van der Waals surface area contributed by atoms with Crippen LogP contribution in [-0.4, -0.2) is 12.7 Å². The molecule has 0 amide bonds. The first-order valence-electron chi connectivity index (χ1n) is 4.05. The van der Waals surface area contributed by atoms with Crippen LogP contribution in [0.5, 0.6) is 0 Å². The molecule has 1 heteroatoms. The van der Waals surface area contributed by atoms with Crippen molar-refractivity contribution in [3.05, 3.63) is 0 Å². The molecule has 0 radical (unpaired) electrons. The van der Waals surface area contributed by atoms with Gasteiger partial charge in [0.1, 0.15) is 0 Å². The lowest BCUT2D eigenvalue weighted by Crippen LogP contribution is -2.14. The van der Waals surface area contributed by atoms with Gasteiger partial charge in [0.05, 0.1) is 12.7 Å². The minimum absolute atomic E-state index is 0.703. The van der Waals surface area contributed by atoms with Crippen molar-refractivity contribution in [3.8, 4) is 0 Å². The van der Waals surface area contributed by atoms with Crippen LogP contribution < -0.4 is 0 Å². The molecule has 1 saturated heterocycles. The molecule has 0 spiro atoms. The molecule has 2 saturated carbocycles. The standard InChI is InChI=1S/C8H12O/c1-5-2-7-6(1)4-9-8(7)3-5/h5-8H,1-4H2/t5-,6+,7-,8-/m1/s1. The van der Waals surface area contributed by atoms with Crippen molar-refractivity contribution in [1.82, 2.24) is 0 Å². The van der Waals surface area contributed by atoms with Crippen LogP contribution in [0.25, 0.3) is 0 Å². The summed E-state index contributed by atoms with van der Waals surface area (Å²) in [5, 5.41) is 0. The summed E-state index contributed by atoms with van der Waals surface area (Å²) in [4.78, 5) is 0. The molecule has 0 N–H and O–H groups in total. The van der Waals surface area contributed by atoms with Crippen LogP contribution in [0.4, 0.5) is 0 Å². The SMILES string of the molecule is C1O[C@@H]2C[C@@H]3C[C@@H]1[C@H]2C3. The zero-order valence-corrected chi connectivity index (χ0v) is 5.55. The highest BCUT2D eigenvalue weighted by molar-refractivity contribution is 4.99. The molecule has 1 aliphatic heterocycles. The Hall–Kier alpha value is -0.0400. The van der Waals surface area contributed by atoms with Crippen molar-refractivity contribution in [3.63, 3.8) is 0 Å². The summed E-state index contributed by atoms with van der Waals surface area (Å²) in [6, 6.07) is 0. The Balaban J connectivity index is 2.02. The Bertz CT molecular complexity index is 127. The third-order valence-electron chi connectivity index (χ3n) is 3.41. The third kappa shape index (κ3) is 0.454. The number of hydrogen-bond acceptors (Lipinski definition) is 1. The van der Waals surface area contributed by atoms with Gasteiger partial charge in [-0.25, -0.2) is 0 Å². The zero-order valence-electron chi connectivity index (χ0n) is 5.55. The smallest absolute Gasteiger partial charge is 0.0609 e. The normalized spacial score (nSPS) is 61.3. The first kappa shape index (κ1) is 4.73. The predicted molar refractivity (Wildman–Crippen MR) is 34.1 cm³/mol. The summed E-state index contributed by atoms with van der Waals surface area (Å²) in [6.45, 7) is 1.09. The second-order valence-electron chi connectivity index (χ2n) is 3.87. The lowest BCUT2D eigenvalue weighted by atomic mass is 9.90. The van der Waals surface area contributed by atoms with Gasteiger partial charge in [0, 0.05) is 0 Å². The van der Waals surface area contributed by atoms with Crippen molar-refractivity contribution >= 4 is 0 Å². The summed E-state index contributed by atoms with van der Waals surface area (Å²) in [5.41, 5.74) is 0. The van der Waals surface area contributed by atoms with Crippen molar-refractivity contribution in [2.24, 2.45) is 17.8 Å². The molecule has 0 aromatic rings. The van der Waals surface area contributed by atoms with Gasteiger partial charge in [0.2, 0.25) is 0 Å². The molecule has 0 aromatic carbocycles. The summed E-state index contributed by atoms with van der Waals surface area (Å²) < 4.78 is 5.63. The van der Waals surface area contributed by atoms with E-state index in [-0.39, 0.29) is 0 Å². The Kier molecular flexibility index (Phi) is 0.704. The first-order chi connectivity index (χ1) is 4.43. The van der Waals surface area contributed by atoms with E-state index in [9.17, 15) is 0 Å². The van der Waals surface area contributed by atoms with Crippen molar-refractivity contribution in [1.29, 1.82) is 0 Å². The van der Waals surface area contributed by atoms with Crippen LogP contribution in [0.1, 0.15) is 19.3 Å². The maximum Gasteiger partial charge on any atom is 0.0609 e. The van der Waals surface area contributed by atoms with E-state index in [0.717, 1.165) is 24.4 Å². The fourth-order valence-electron chi connectivity index (χ4n) is 3.06. The van der Waals surface area contributed by atoms with E-state index in [1.807, 2.05) is 0 Å². The van der Waals surface area contributed by atoms with Crippen LogP contribution in [-0.2, 0) is 4.74 Å². The quantitative estimate of drug-likeness (QED) is 0.474. The van der Waals surface area contributed by atoms with E-state index in [0.29, 0.717) is 6.10 Å². The molecule has 2 bridgehead atoms. The van der Waals surface area contributed by atoms with Gasteiger partial charge in [-0.05, 0) is 37.0 Å². The predicted octanol–water partition coefficient (Wildman–Crippen LogP) is 1.43. The monoisotopic (exact) mass is 124 g/mol. The summed E-state index contributed by atoms with van der Waals surface area (Å²) in [6.07, 6.45) is 5.08. The molecule has 4 atom stereocenters. The van der Waals surface area contributed by atoms with Crippen LogP contribution in [0, 0.1) is 17.8 Å². The van der Waals surface area contributed by atoms with E-state index in [1.54, 1.807) is 0 Å². The van der Waals surface area contributed by atoms with Crippen molar-refractivity contribution in [2.75, 3.05) is 6.61 Å². The van der Waals surface area contributed by atoms with E-state index in [1.165, 1.54) is 19.3 Å². The molecule has 3 aliphatic rings. The minimum Gasteiger partial charge on any atom is -0.378 e. The van der Waals surface area contributed by atoms with Gasteiger partial charge in [0.25, 0.3) is 0 Å². The number of fused-ring (bicyclic) bond motifs is 1. The Labute approximate surface area is 55.4 Å². The molecule has 0 unspecified atom stereocenters. The number of hydrogen-bond donors (Lipinski definition) is 0. The molecule has 1 nitrogen and oxygen atoms in total. The van der Waals surface area contributed by atoms with E-state index in [4.69, 9.17) is 4.74 Å². The Morgan fingerprint density at radius 3 is 2.78 bits per heavy atom. The van der Waals surface area contributed by atoms with E-state index < -0.39 is 0 Å². The highest BCUT2D eigenvalue weighted by Gasteiger charge is 2.50. The highest BCUT2D eigenvalue weighted by Crippen LogP contribution is 2.53. The summed E-state index contributed by atoms with van der Waals surface area (Å²) >= 11 is 0. The maximum absolute atomic E-state index is 5.63. The largest absolute Gasteiger partial charge is 0.378 e. The second-order valence-corrected chi connectivity index (χ2v) is 3.87. The molecule has 50 valence electrons. The van der Waals surface area contributed by atoms with Gasteiger partial charge in [0.15, 0.2) is 0 Å². The molecule has 2 aliphatic carbocycles. The van der Waals surface area contributed by atoms with E-state index >= 15 is 0 Å². The average Bonchev–Trinajstić information content (AvgIpc) is 2.35. The summed E-state index contributed by atoms with van der Waals surface area (Å²) in [5.74, 6) is 3.04.